The Hall–Kier alpha value is -2.86. The highest BCUT2D eigenvalue weighted by atomic mass is 32.2. The average molecular weight is 406 g/mol. The molecule has 6 heteroatoms. The van der Waals surface area contributed by atoms with Crippen LogP contribution in [0.3, 0.4) is 0 Å². The van der Waals surface area contributed by atoms with E-state index < -0.39 is 0 Å². The second kappa shape index (κ2) is 7.87. The summed E-state index contributed by atoms with van der Waals surface area (Å²) in [6.45, 7) is 9.03. The average Bonchev–Trinajstić information content (AvgIpc) is 3.10. The van der Waals surface area contributed by atoms with Crippen LogP contribution in [0.25, 0.3) is 22.4 Å². The van der Waals surface area contributed by atoms with Crippen molar-refractivity contribution < 1.29 is 4.42 Å². The molecule has 2 aromatic heterocycles. The molecule has 0 amide bonds. The van der Waals surface area contributed by atoms with Gasteiger partial charge < -0.3 is 8.98 Å². The highest BCUT2D eigenvalue weighted by molar-refractivity contribution is 7.98. The fraction of sp³-hybridized carbons (Fsp3) is 0.261. The van der Waals surface area contributed by atoms with E-state index in [0.29, 0.717) is 11.3 Å². The van der Waals surface area contributed by atoms with Crippen molar-refractivity contribution in [3.63, 3.8) is 0 Å². The van der Waals surface area contributed by atoms with Crippen molar-refractivity contribution in [1.82, 2.24) is 14.8 Å². The minimum absolute atomic E-state index is 0.325. The van der Waals surface area contributed by atoms with Crippen molar-refractivity contribution in [3.05, 3.63) is 75.1 Å². The second-order valence-corrected chi connectivity index (χ2v) is 8.12. The number of rotatable bonds is 5. The van der Waals surface area contributed by atoms with Gasteiger partial charge in [0.1, 0.15) is 5.58 Å². The summed E-state index contributed by atoms with van der Waals surface area (Å²) in [4.78, 5) is 12.1. The van der Waals surface area contributed by atoms with Crippen LogP contribution in [0.5, 0.6) is 0 Å². The second-order valence-electron chi connectivity index (χ2n) is 7.18. The minimum Gasteiger partial charge on any atom is -0.423 e. The summed E-state index contributed by atoms with van der Waals surface area (Å²) in [7, 11) is 0. The first kappa shape index (κ1) is 19.5. The van der Waals surface area contributed by atoms with Crippen LogP contribution >= 0.6 is 11.8 Å². The third kappa shape index (κ3) is 3.72. The summed E-state index contributed by atoms with van der Waals surface area (Å²) in [6.07, 6.45) is 0. The lowest BCUT2D eigenvalue weighted by Gasteiger charge is -2.10. The van der Waals surface area contributed by atoms with Crippen LogP contribution in [-0.2, 0) is 12.3 Å². The summed E-state index contributed by atoms with van der Waals surface area (Å²) >= 11 is 1.59. The maximum Gasteiger partial charge on any atom is 0.336 e. The number of hydrogen-bond acceptors (Lipinski definition) is 5. The standard InChI is InChI=1S/C23H23N3O2S/c1-5-26-22(18-9-7-6-8-14(18)2)24-25-23(26)29-13-17-12-21(27)28-20-11-16(4)15(3)10-19(17)20/h6-12H,5,13H2,1-4H3. The summed E-state index contributed by atoms with van der Waals surface area (Å²) in [6, 6.07) is 13.8. The molecule has 0 unspecified atom stereocenters. The summed E-state index contributed by atoms with van der Waals surface area (Å²) in [5.74, 6) is 1.49. The molecule has 0 atom stereocenters. The van der Waals surface area contributed by atoms with E-state index in [1.54, 1.807) is 17.8 Å². The van der Waals surface area contributed by atoms with Gasteiger partial charge in [0, 0.05) is 29.3 Å². The molecule has 0 bridgehead atoms. The van der Waals surface area contributed by atoms with E-state index in [2.05, 4.69) is 53.7 Å². The van der Waals surface area contributed by atoms with Gasteiger partial charge in [-0.25, -0.2) is 4.79 Å². The fourth-order valence-electron chi connectivity index (χ4n) is 3.45. The Balaban J connectivity index is 1.69. The van der Waals surface area contributed by atoms with Gasteiger partial charge in [-0.3, -0.25) is 0 Å². The molecule has 29 heavy (non-hydrogen) atoms. The Morgan fingerprint density at radius 2 is 1.76 bits per heavy atom. The van der Waals surface area contributed by atoms with E-state index in [1.165, 1.54) is 11.1 Å². The Labute approximate surface area is 173 Å². The number of nitrogens with zero attached hydrogens (tertiary/aromatic N) is 3. The monoisotopic (exact) mass is 405 g/mol. The van der Waals surface area contributed by atoms with Gasteiger partial charge in [0.15, 0.2) is 11.0 Å². The van der Waals surface area contributed by atoms with E-state index in [9.17, 15) is 4.79 Å². The van der Waals surface area contributed by atoms with Crippen LogP contribution in [0.15, 0.2) is 56.8 Å². The van der Waals surface area contributed by atoms with Crippen LogP contribution in [0, 0.1) is 20.8 Å². The predicted octanol–water partition coefficient (Wildman–Crippen LogP) is 5.29. The van der Waals surface area contributed by atoms with Crippen LogP contribution in [0.4, 0.5) is 0 Å². The highest BCUT2D eigenvalue weighted by Gasteiger charge is 2.16. The molecule has 0 saturated heterocycles. The van der Waals surface area contributed by atoms with E-state index in [4.69, 9.17) is 4.42 Å². The van der Waals surface area contributed by atoms with E-state index >= 15 is 0 Å². The molecule has 4 rings (SSSR count). The molecule has 0 aliphatic heterocycles. The third-order valence-corrected chi connectivity index (χ3v) is 6.24. The molecule has 2 aromatic carbocycles. The first-order valence-electron chi connectivity index (χ1n) is 9.64. The van der Waals surface area contributed by atoms with Gasteiger partial charge in [0.05, 0.1) is 0 Å². The van der Waals surface area contributed by atoms with Crippen molar-refractivity contribution in [3.8, 4) is 11.4 Å². The maximum absolute atomic E-state index is 12.1. The maximum atomic E-state index is 12.1. The van der Waals surface area contributed by atoms with Crippen LogP contribution in [0.2, 0.25) is 0 Å². The Kier molecular flexibility index (Phi) is 5.28. The molecule has 0 aliphatic rings. The molecule has 0 radical (unpaired) electrons. The molecule has 148 valence electrons. The highest BCUT2D eigenvalue weighted by Crippen LogP contribution is 2.30. The molecule has 0 spiro atoms. The summed E-state index contributed by atoms with van der Waals surface area (Å²) in [5, 5.41) is 10.7. The molecular formula is C23H23N3O2S. The molecule has 0 fully saturated rings. The Morgan fingerprint density at radius 1 is 1.00 bits per heavy atom. The topological polar surface area (TPSA) is 60.9 Å². The van der Waals surface area contributed by atoms with Gasteiger partial charge >= 0.3 is 5.63 Å². The van der Waals surface area contributed by atoms with Crippen molar-refractivity contribution in [2.45, 2.75) is 45.1 Å². The van der Waals surface area contributed by atoms with Gasteiger partial charge in [-0.05, 0) is 62.1 Å². The molecule has 2 heterocycles. The summed E-state index contributed by atoms with van der Waals surface area (Å²) < 4.78 is 7.53. The van der Waals surface area contributed by atoms with Crippen LogP contribution in [0.1, 0.15) is 29.2 Å². The first-order chi connectivity index (χ1) is 14.0. The lowest BCUT2D eigenvalue weighted by Crippen LogP contribution is -2.03. The molecule has 0 saturated carbocycles. The largest absolute Gasteiger partial charge is 0.423 e. The Bertz CT molecular complexity index is 1260. The number of thioether (sulfide) groups is 1. The lowest BCUT2D eigenvalue weighted by atomic mass is 10.0. The van der Waals surface area contributed by atoms with Crippen molar-refractivity contribution in [2.24, 2.45) is 0 Å². The van der Waals surface area contributed by atoms with Gasteiger partial charge in [0.2, 0.25) is 0 Å². The zero-order valence-electron chi connectivity index (χ0n) is 17.0. The lowest BCUT2D eigenvalue weighted by molar-refractivity contribution is 0.559. The summed E-state index contributed by atoms with van der Waals surface area (Å²) in [5.41, 5.74) is 5.81. The van der Waals surface area contributed by atoms with Gasteiger partial charge in [-0.2, -0.15) is 0 Å². The number of fused-ring (bicyclic) bond motifs is 1. The Morgan fingerprint density at radius 3 is 2.52 bits per heavy atom. The zero-order chi connectivity index (χ0) is 20.5. The molecule has 0 N–H and O–H groups in total. The van der Waals surface area contributed by atoms with Gasteiger partial charge in [0.25, 0.3) is 0 Å². The molecular weight excluding hydrogens is 382 g/mol. The van der Waals surface area contributed by atoms with Crippen molar-refractivity contribution >= 4 is 22.7 Å². The van der Waals surface area contributed by atoms with Crippen molar-refractivity contribution in [2.75, 3.05) is 0 Å². The van der Waals surface area contributed by atoms with Crippen LogP contribution < -0.4 is 5.63 Å². The predicted molar refractivity (Wildman–Crippen MR) is 117 cm³/mol. The number of benzene rings is 2. The first-order valence-corrected chi connectivity index (χ1v) is 10.6. The van der Waals surface area contributed by atoms with Crippen LogP contribution in [-0.4, -0.2) is 14.8 Å². The molecule has 0 aliphatic carbocycles. The minimum atomic E-state index is -0.325. The normalized spacial score (nSPS) is 11.3. The number of hydrogen-bond donors (Lipinski definition) is 0. The van der Waals surface area contributed by atoms with Crippen molar-refractivity contribution in [1.29, 1.82) is 0 Å². The van der Waals surface area contributed by atoms with E-state index in [-0.39, 0.29) is 5.63 Å². The third-order valence-electron chi connectivity index (χ3n) is 5.22. The SMILES string of the molecule is CCn1c(SCc2cc(=O)oc3cc(C)c(C)cc23)nnc1-c1ccccc1C. The zero-order valence-corrected chi connectivity index (χ0v) is 17.8. The number of aromatic nitrogens is 3. The number of aryl methyl sites for hydroxylation is 3. The van der Waals surface area contributed by atoms with Gasteiger partial charge in [-0.15, -0.1) is 10.2 Å². The molecule has 4 aromatic rings. The fourth-order valence-corrected chi connectivity index (χ4v) is 4.44. The quantitative estimate of drug-likeness (QED) is 0.333. The van der Waals surface area contributed by atoms with Gasteiger partial charge in [-0.1, -0.05) is 36.0 Å². The van der Waals surface area contributed by atoms with E-state index in [0.717, 1.165) is 39.6 Å². The molecule has 5 nitrogen and oxygen atoms in total. The van der Waals surface area contributed by atoms with E-state index in [1.807, 2.05) is 25.1 Å². The smallest absolute Gasteiger partial charge is 0.336 e.